The van der Waals surface area contributed by atoms with Gasteiger partial charge in [-0.1, -0.05) is 370 Å². The van der Waals surface area contributed by atoms with Gasteiger partial charge in [-0.2, -0.15) is 0 Å². The monoisotopic (exact) mass is 1470 g/mol. The maximum Gasteiger partial charge on any atom is 0.472 e. The zero-order valence-corrected chi connectivity index (χ0v) is 67.5. The van der Waals surface area contributed by atoms with Crippen LogP contribution < -0.4 is 0 Å². The van der Waals surface area contributed by atoms with Crippen molar-refractivity contribution in [3.8, 4) is 0 Å². The van der Waals surface area contributed by atoms with Gasteiger partial charge in [0.15, 0.2) is 12.2 Å². The minimum absolute atomic E-state index is 0.106. The summed E-state index contributed by atoms with van der Waals surface area (Å²) in [6.07, 6.45) is 59.7. The van der Waals surface area contributed by atoms with E-state index in [-0.39, 0.29) is 25.7 Å². The van der Waals surface area contributed by atoms with Crippen molar-refractivity contribution in [1.29, 1.82) is 0 Å². The minimum Gasteiger partial charge on any atom is -0.462 e. The highest BCUT2D eigenvalue weighted by atomic mass is 31.2. The van der Waals surface area contributed by atoms with Crippen LogP contribution in [0.3, 0.4) is 0 Å². The highest BCUT2D eigenvalue weighted by molar-refractivity contribution is 7.47. The molecule has 17 nitrogen and oxygen atoms in total. The van der Waals surface area contributed by atoms with E-state index in [9.17, 15) is 43.2 Å². The van der Waals surface area contributed by atoms with E-state index in [1.165, 1.54) is 231 Å². The van der Waals surface area contributed by atoms with Gasteiger partial charge < -0.3 is 33.8 Å². The summed E-state index contributed by atoms with van der Waals surface area (Å²) in [5.41, 5.74) is 0. The Morgan fingerprint density at radius 1 is 0.270 bits per heavy atom. The highest BCUT2D eigenvalue weighted by Gasteiger charge is 2.30. The van der Waals surface area contributed by atoms with Crippen molar-refractivity contribution in [2.75, 3.05) is 39.6 Å². The number of phosphoric ester groups is 2. The maximum atomic E-state index is 13.1. The van der Waals surface area contributed by atoms with Gasteiger partial charge in [-0.25, -0.2) is 9.13 Å². The Hall–Kier alpha value is -1.94. The standard InChI is InChI=1S/C81H158O17P2/c1-8-9-10-11-12-13-14-15-16-17-18-19-20-21-22-27-35-43-50-57-64-80(85)97-76(68-91-78(83)62-55-48-41-34-26-24-23-25-31-38-45-52-59-72(2)3)70-95-99(87,88)93-66-75(82)67-94-100(89,90)96-71-77(69-92-79(84)63-56-49-42-37-30-33-40-47-54-61-74(6)7)98-81(86)65-58-51-44-36-29-28-32-39-46-53-60-73(4)5/h72-77,82H,8-71H2,1-7H3,(H,87,88)(H,89,90)/t75-,76-,77-/m1/s1. The van der Waals surface area contributed by atoms with Gasteiger partial charge in [0.1, 0.15) is 19.3 Å². The maximum absolute atomic E-state index is 13.1. The van der Waals surface area contributed by atoms with E-state index >= 15 is 0 Å². The fourth-order valence-electron chi connectivity index (χ4n) is 12.5. The summed E-state index contributed by atoms with van der Waals surface area (Å²) in [4.78, 5) is 73.0. The number of aliphatic hydroxyl groups is 1. The average molecular weight is 1470 g/mol. The van der Waals surface area contributed by atoms with Gasteiger partial charge in [0.25, 0.3) is 0 Å². The SMILES string of the molecule is CCCCCCCCCCCCCCCCCCCCCCC(=O)O[C@H](COC(=O)CCCCCCCCCCCCCCC(C)C)COP(=O)(O)OC[C@@H](O)COP(=O)(O)OC[C@@H](COC(=O)CCCCCCCCCCCC(C)C)OC(=O)CCCCCCCCCCCCC(C)C. The molecule has 0 aliphatic carbocycles. The summed E-state index contributed by atoms with van der Waals surface area (Å²) in [5.74, 6) is 0.166. The molecule has 5 atom stereocenters. The van der Waals surface area contributed by atoms with E-state index in [1.54, 1.807) is 0 Å². The number of rotatable bonds is 79. The van der Waals surface area contributed by atoms with Gasteiger partial charge in [-0.15, -0.1) is 0 Å². The Balaban J connectivity index is 5.25. The number of phosphoric acid groups is 2. The number of carbonyl (C=O) groups excluding carboxylic acids is 4. The number of carbonyl (C=O) groups is 4. The van der Waals surface area contributed by atoms with Crippen LogP contribution in [-0.4, -0.2) is 96.7 Å². The molecule has 0 saturated carbocycles. The first-order valence-corrected chi connectivity index (χ1v) is 44.8. The van der Waals surface area contributed by atoms with Crippen LogP contribution in [0.25, 0.3) is 0 Å². The first-order valence-electron chi connectivity index (χ1n) is 41.8. The van der Waals surface area contributed by atoms with Crippen LogP contribution in [0.15, 0.2) is 0 Å². The molecule has 0 aliphatic heterocycles. The molecule has 0 aromatic rings. The van der Waals surface area contributed by atoms with Crippen molar-refractivity contribution < 1.29 is 80.2 Å². The van der Waals surface area contributed by atoms with Crippen molar-refractivity contribution in [3.05, 3.63) is 0 Å². The number of esters is 4. The fraction of sp³-hybridized carbons (Fsp3) is 0.951. The lowest BCUT2D eigenvalue weighted by atomic mass is 10.0. The second kappa shape index (κ2) is 71.3. The lowest BCUT2D eigenvalue weighted by molar-refractivity contribution is -0.161. The quantitative estimate of drug-likeness (QED) is 0.0222. The summed E-state index contributed by atoms with van der Waals surface area (Å²) >= 11 is 0. The van der Waals surface area contributed by atoms with Crippen LogP contribution >= 0.6 is 15.6 Å². The molecule has 0 aromatic carbocycles. The van der Waals surface area contributed by atoms with Gasteiger partial charge in [-0.3, -0.25) is 37.3 Å². The van der Waals surface area contributed by atoms with E-state index in [4.69, 9.17) is 37.0 Å². The Morgan fingerprint density at radius 2 is 0.460 bits per heavy atom. The van der Waals surface area contributed by atoms with Crippen LogP contribution in [0.4, 0.5) is 0 Å². The molecule has 0 aliphatic rings. The molecule has 0 aromatic heterocycles. The summed E-state index contributed by atoms with van der Waals surface area (Å²) in [6.45, 7) is 11.9. The lowest BCUT2D eigenvalue weighted by Crippen LogP contribution is -2.30. The van der Waals surface area contributed by atoms with E-state index < -0.39 is 97.5 Å². The molecule has 0 fully saturated rings. The number of hydrogen-bond acceptors (Lipinski definition) is 15. The molecule has 0 radical (unpaired) electrons. The largest absolute Gasteiger partial charge is 0.472 e. The van der Waals surface area contributed by atoms with Crippen LogP contribution in [0, 0.1) is 17.8 Å². The number of ether oxygens (including phenoxy) is 4. The molecule has 19 heteroatoms. The lowest BCUT2D eigenvalue weighted by Gasteiger charge is -2.21. The molecule has 0 saturated heterocycles. The first-order chi connectivity index (χ1) is 48.2. The second-order valence-corrected chi connectivity index (χ2v) is 33.5. The Labute approximate surface area is 613 Å². The minimum atomic E-state index is -4.96. The highest BCUT2D eigenvalue weighted by Crippen LogP contribution is 2.45. The van der Waals surface area contributed by atoms with Gasteiger partial charge in [0, 0.05) is 25.7 Å². The summed E-state index contributed by atoms with van der Waals surface area (Å²) in [5, 5.41) is 10.6. The third-order valence-corrected chi connectivity index (χ3v) is 20.8. The van der Waals surface area contributed by atoms with Crippen molar-refractivity contribution in [2.45, 2.75) is 439 Å². The molecule has 0 heterocycles. The summed E-state index contributed by atoms with van der Waals surface area (Å²) in [6, 6.07) is 0. The summed E-state index contributed by atoms with van der Waals surface area (Å²) in [7, 11) is -9.92. The predicted molar refractivity (Wildman–Crippen MR) is 409 cm³/mol. The molecule has 100 heavy (non-hydrogen) atoms. The van der Waals surface area contributed by atoms with Crippen LogP contribution in [0.1, 0.15) is 421 Å². The van der Waals surface area contributed by atoms with Gasteiger partial charge in [0.2, 0.25) is 0 Å². The van der Waals surface area contributed by atoms with Crippen LogP contribution in [0.2, 0.25) is 0 Å². The smallest absolute Gasteiger partial charge is 0.462 e. The zero-order chi connectivity index (χ0) is 73.7. The summed E-state index contributed by atoms with van der Waals surface area (Å²) < 4.78 is 68.7. The van der Waals surface area contributed by atoms with Crippen molar-refractivity contribution in [1.82, 2.24) is 0 Å². The third kappa shape index (κ3) is 74.3. The van der Waals surface area contributed by atoms with Gasteiger partial charge >= 0.3 is 39.5 Å². The average Bonchev–Trinajstić information content (AvgIpc) is 0.949. The molecular formula is C81H158O17P2. The molecular weight excluding hydrogens is 1310 g/mol. The van der Waals surface area contributed by atoms with Gasteiger partial charge in [0.05, 0.1) is 26.4 Å². The molecule has 594 valence electrons. The second-order valence-electron chi connectivity index (χ2n) is 30.6. The predicted octanol–water partition coefficient (Wildman–Crippen LogP) is 24.1. The molecule has 3 N–H and O–H groups in total. The number of unbranched alkanes of at least 4 members (excludes halogenated alkanes) is 47. The normalized spacial score (nSPS) is 14.0. The van der Waals surface area contributed by atoms with Crippen molar-refractivity contribution in [2.24, 2.45) is 17.8 Å². The third-order valence-electron chi connectivity index (χ3n) is 18.9. The zero-order valence-electron chi connectivity index (χ0n) is 65.7. The first kappa shape index (κ1) is 98.1. The van der Waals surface area contributed by atoms with Crippen molar-refractivity contribution in [3.63, 3.8) is 0 Å². The fourth-order valence-corrected chi connectivity index (χ4v) is 14.1. The molecule has 0 rings (SSSR count). The molecule has 2 unspecified atom stereocenters. The van der Waals surface area contributed by atoms with E-state index in [1.807, 2.05) is 0 Å². The molecule has 0 spiro atoms. The van der Waals surface area contributed by atoms with Crippen molar-refractivity contribution >= 4 is 39.5 Å². The number of aliphatic hydroxyl groups excluding tert-OH is 1. The van der Waals surface area contributed by atoms with Crippen LogP contribution in [-0.2, 0) is 65.4 Å². The topological polar surface area (TPSA) is 237 Å². The molecule has 0 amide bonds. The van der Waals surface area contributed by atoms with E-state index in [2.05, 4.69) is 48.5 Å². The molecule has 0 bridgehead atoms. The van der Waals surface area contributed by atoms with Crippen LogP contribution in [0.5, 0.6) is 0 Å². The van der Waals surface area contributed by atoms with E-state index in [0.717, 1.165) is 108 Å². The number of hydrogen-bond donors (Lipinski definition) is 3. The Morgan fingerprint density at radius 3 is 0.680 bits per heavy atom. The van der Waals surface area contributed by atoms with Gasteiger partial charge in [-0.05, 0) is 43.4 Å². The Kier molecular flexibility index (Phi) is 69.9. The van der Waals surface area contributed by atoms with E-state index in [0.29, 0.717) is 25.7 Å². The Bertz CT molecular complexity index is 1940.